The number of nitrogens with zero attached hydrogens (tertiary/aromatic N) is 3. The summed E-state index contributed by atoms with van der Waals surface area (Å²) in [6.45, 7) is 6.99. The van der Waals surface area contributed by atoms with Gasteiger partial charge < -0.3 is 18.8 Å². The maximum atomic E-state index is 12.5. The highest BCUT2D eigenvalue weighted by Gasteiger charge is 2.54. The SMILES string of the molecule is Cc1nc(COCC[C@@H]2CCOC23CN(C(=O)c2ocnc2C)C3)cs1. The fraction of sp³-hybridized carbons (Fsp3) is 0.611. The first-order valence-electron chi connectivity index (χ1n) is 8.89. The molecule has 0 saturated carbocycles. The average molecular weight is 377 g/mol. The number of carbonyl (C=O) groups excluding carboxylic acids is 1. The predicted octanol–water partition coefficient (Wildman–Crippen LogP) is 2.59. The Kier molecular flexibility index (Phi) is 4.81. The number of carbonyl (C=O) groups is 1. The van der Waals surface area contributed by atoms with E-state index in [9.17, 15) is 4.79 Å². The van der Waals surface area contributed by atoms with Crippen LogP contribution < -0.4 is 0 Å². The van der Waals surface area contributed by atoms with E-state index in [2.05, 4.69) is 9.97 Å². The monoisotopic (exact) mass is 377 g/mol. The van der Waals surface area contributed by atoms with Crippen LogP contribution >= 0.6 is 11.3 Å². The topological polar surface area (TPSA) is 77.7 Å². The van der Waals surface area contributed by atoms with Crippen LogP contribution in [0.3, 0.4) is 0 Å². The largest absolute Gasteiger partial charge is 0.438 e. The molecular formula is C18H23N3O4S. The van der Waals surface area contributed by atoms with E-state index in [0.29, 0.717) is 43.7 Å². The summed E-state index contributed by atoms with van der Waals surface area (Å²) in [5.74, 6) is 0.644. The van der Waals surface area contributed by atoms with Crippen LogP contribution in [0.5, 0.6) is 0 Å². The van der Waals surface area contributed by atoms with Crippen molar-refractivity contribution in [1.82, 2.24) is 14.9 Å². The van der Waals surface area contributed by atoms with Gasteiger partial charge in [0.2, 0.25) is 5.76 Å². The molecule has 8 heteroatoms. The number of amides is 1. The minimum atomic E-state index is -0.218. The molecule has 2 aromatic heterocycles. The van der Waals surface area contributed by atoms with Crippen molar-refractivity contribution in [3.8, 4) is 0 Å². The molecule has 2 fully saturated rings. The van der Waals surface area contributed by atoms with Crippen LogP contribution in [0.1, 0.15) is 39.8 Å². The number of likely N-dealkylation sites (tertiary alicyclic amines) is 1. The number of aromatic nitrogens is 2. The van der Waals surface area contributed by atoms with E-state index in [1.54, 1.807) is 23.2 Å². The van der Waals surface area contributed by atoms with Crippen LogP contribution in [-0.4, -0.2) is 52.7 Å². The third-order valence-corrected chi connectivity index (χ3v) is 6.09. The second-order valence-corrected chi connectivity index (χ2v) is 8.09. The van der Waals surface area contributed by atoms with Gasteiger partial charge in [-0.05, 0) is 32.6 Å². The molecule has 2 aliphatic heterocycles. The van der Waals surface area contributed by atoms with Crippen molar-refractivity contribution in [2.45, 2.75) is 38.9 Å². The molecule has 0 N–H and O–H groups in total. The van der Waals surface area contributed by atoms with Crippen molar-refractivity contribution in [3.63, 3.8) is 0 Å². The Balaban J connectivity index is 1.26. The molecule has 1 spiro atoms. The highest BCUT2D eigenvalue weighted by atomic mass is 32.1. The summed E-state index contributed by atoms with van der Waals surface area (Å²) in [6.07, 6.45) is 3.27. The quantitative estimate of drug-likeness (QED) is 0.720. The number of aryl methyl sites for hydroxylation is 2. The van der Waals surface area contributed by atoms with Gasteiger partial charge in [0, 0.05) is 18.6 Å². The number of hydrogen-bond donors (Lipinski definition) is 0. The van der Waals surface area contributed by atoms with Crippen molar-refractivity contribution >= 4 is 17.2 Å². The number of thiazole rings is 1. The Hall–Kier alpha value is -1.77. The number of oxazole rings is 1. The molecule has 4 rings (SSSR count). The maximum Gasteiger partial charge on any atom is 0.291 e. The lowest BCUT2D eigenvalue weighted by molar-refractivity contribution is -0.121. The van der Waals surface area contributed by atoms with Gasteiger partial charge in [-0.25, -0.2) is 9.97 Å². The van der Waals surface area contributed by atoms with Gasteiger partial charge in [0.05, 0.1) is 36.1 Å². The van der Waals surface area contributed by atoms with Crippen molar-refractivity contribution in [1.29, 1.82) is 0 Å². The number of rotatable bonds is 6. The molecule has 0 radical (unpaired) electrons. The van der Waals surface area contributed by atoms with E-state index in [1.807, 2.05) is 12.3 Å². The van der Waals surface area contributed by atoms with E-state index in [-0.39, 0.29) is 11.5 Å². The molecule has 1 atom stereocenters. The summed E-state index contributed by atoms with van der Waals surface area (Å²) in [5.41, 5.74) is 1.41. The lowest BCUT2D eigenvalue weighted by Crippen LogP contribution is -2.66. The standard InChI is InChI=1S/C18H23N3O4S/c1-12-16(24-11-19-12)17(22)21-9-18(10-21)14(4-6-25-18)3-5-23-7-15-8-26-13(2)20-15/h8,11,14H,3-7,9-10H2,1-2H3/t14-/m1/s1. The highest BCUT2D eigenvalue weighted by Crippen LogP contribution is 2.42. The van der Waals surface area contributed by atoms with Crippen molar-refractivity contribution < 1.29 is 18.7 Å². The van der Waals surface area contributed by atoms with Gasteiger partial charge in [0.1, 0.15) is 5.60 Å². The number of ether oxygens (including phenoxy) is 2. The molecule has 2 saturated heterocycles. The van der Waals surface area contributed by atoms with Gasteiger partial charge in [-0.15, -0.1) is 11.3 Å². The first-order chi connectivity index (χ1) is 12.6. The van der Waals surface area contributed by atoms with Gasteiger partial charge in [0.25, 0.3) is 5.91 Å². The zero-order chi connectivity index (χ0) is 18.1. The third kappa shape index (κ3) is 3.28. The van der Waals surface area contributed by atoms with Gasteiger partial charge in [0.15, 0.2) is 6.39 Å². The molecule has 2 aliphatic rings. The van der Waals surface area contributed by atoms with Gasteiger partial charge in [-0.1, -0.05) is 0 Å². The summed E-state index contributed by atoms with van der Waals surface area (Å²) >= 11 is 1.64. The summed E-state index contributed by atoms with van der Waals surface area (Å²) in [6, 6.07) is 0. The van der Waals surface area contributed by atoms with Crippen LogP contribution in [0.4, 0.5) is 0 Å². The van der Waals surface area contributed by atoms with E-state index in [4.69, 9.17) is 13.9 Å². The zero-order valence-corrected chi connectivity index (χ0v) is 15.9. The van der Waals surface area contributed by atoms with Gasteiger partial charge in [-0.2, -0.15) is 0 Å². The molecule has 26 heavy (non-hydrogen) atoms. The first-order valence-corrected chi connectivity index (χ1v) is 9.77. The van der Waals surface area contributed by atoms with Crippen molar-refractivity contribution in [2.24, 2.45) is 5.92 Å². The average Bonchev–Trinajstić information content (AvgIpc) is 3.29. The van der Waals surface area contributed by atoms with E-state index >= 15 is 0 Å². The Morgan fingerprint density at radius 3 is 3.00 bits per heavy atom. The van der Waals surface area contributed by atoms with Crippen LogP contribution in [0.2, 0.25) is 0 Å². The van der Waals surface area contributed by atoms with E-state index in [1.165, 1.54) is 6.39 Å². The highest BCUT2D eigenvalue weighted by molar-refractivity contribution is 7.09. The van der Waals surface area contributed by atoms with Gasteiger partial charge >= 0.3 is 0 Å². The molecular weight excluding hydrogens is 354 g/mol. The minimum Gasteiger partial charge on any atom is -0.438 e. The summed E-state index contributed by atoms with van der Waals surface area (Å²) in [5, 5.41) is 3.10. The fourth-order valence-electron chi connectivity index (χ4n) is 3.81. The fourth-order valence-corrected chi connectivity index (χ4v) is 4.41. The molecule has 7 nitrogen and oxygen atoms in total. The molecule has 140 valence electrons. The van der Waals surface area contributed by atoms with Crippen molar-refractivity contribution in [2.75, 3.05) is 26.3 Å². The minimum absolute atomic E-state index is 0.102. The lowest BCUT2D eigenvalue weighted by Gasteiger charge is -2.50. The second kappa shape index (κ2) is 7.09. The smallest absolute Gasteiger partial charge is 0.291 e. The maximum absolute atomic E-state index is 12.5. The second-order valence-electron chi connectivity index (χ2n) is 7.03. The Labute approximate surface area is 156 Å². The predicted molar refractivity (Wildman–Crippen MR) is 95.1 cm³/mol. The van der Waals surface area contributed by atoms with E-state index < -0.39 is 0 Å². The van der Waals surface area contributed by atoms with Crippen molar-refractivity contribution in [3.05, 3.63) is 33.9 Å². The number of hydrogen-bond acceptors (Lipinski definition) is 7. The zero-order valence-electron chi connectivity index (χ0n) is 15.1. The molecule has 0 aromatic carbocycles. The van der Waals surface area contributed by atoms with Gasteiger partial charge in [-0.3, -0.25) is 4.79 Å². The summed E-state index contributed by atoms with van der Waals surface area (Å²) in [7, 11) is 0. The molecule has 1 amide bonds. The van der Waals surface area contributed by atoms with Crippen LogP contribution in [-0.2, 0) is 16.1 Å². The molecule has 0 bridgehead atoms. The molecule has 0 unspecified atom stereocenters. The lowest BCUT2D eigenvalue weighted by atomic mass is 9.79. The van der Waals surface area contributed by atoms with E-state index in [0.717, 1.165) is 30.2 Å². The molecule has 2 aromatic rings. The Morgan fingerprint density at radius 2 is 2.31 bits per heavy atom. The Bertz CT molecular complexity index is 781. The third-order valence-electron chi connectivity index (χ3n) is 5.27. The Morgan fingerprint density at radius 1 is 1.46 bits per heavy atom. The first kappa shape index (κ1) is 17.6. The molecule has 4 heterocycles. The van der Waals surface area contributed by atoms with Crippen LogP contribution in [0.15, 0.2) is 16.2 Å². The van der Waals surface area contributed by atoms with Crippen LogP contribution in [0.25, 0.3) is 0 Å². The van der Waals surface area contributed by atoms with Crippen LogP contribution in [0, 0.1) is 19.8 Å². The summed E-state index contributed by atoms with van der Waals surface area (Å²) < 4.78 is 17.0. The summed E-state index contributed by atoms with van der Waals surface area (Å²) in [4.78, 5) is 22.7. The molecule has 0 aliphatic carbocycles. The normalized spacial score (nSPS) is 21.3.